The van der Waals surface area contributed by atoms with Crippen molar-refractivity contribution in [1.29, 1.82) is 0 Å². The van der Waals surface area contributed by atoms with E-state index in [1.165, 1.54) is 5.56 Å². The van der Waals surface area contributed by atoms with E-state index in [2.05, 4.69) is 0 Å². The smallest absolute Gasteiger partial charge is 0.228 e. The molecule has 22 heavy (non-hydrogen) atoms. The molecule has 2 saturated heterocycles. The number of aryl methyl sites for hydroxylation is 1. The summed E-state index contributed by atoms with van der Waals surface area (Å²) in [5, 5.41) is 10.4. The lowest BCUT2D eigenvalue weighted by Gasteiger charge is -2.29. The van der Waals surface area contributed by atoms with Crippen molar-refractivity contribution in [1.82, 2.24) is 4.90 Å². The van der Waals surface area contributed by atoms with Crippen molar-refractivity contribution in [3.8, 4) is 0 Å². The highest BCUT2D eigenvalue weighted by molar-refractivity contribution is 5.80. The second-order valence-electron chi connectivity index (χ2n) is 6.52. The molecule has 0 unspecified atom stereocenters. The summed E-state index contributed by atoms with van der Waals surface area (Å²) < 4.78 is 5.79. The number of amides is 1. The minimum absolute atomic E-state index is 0.0103. The van der Waals surface area contributed by atoms with Crippen LogP contribution >= 0.6 is 0 Å². The maximum absolute atomic E-state index is 12.7. The summed E-state index contributed by atoms with van der Waals surface area (Å²) in [5.74, 6) is 0.129. The summed E-state index contributed by atoms with van der Waals surface area (Å²) in [6.07, 6.45) is 2.68. The Hall–Kier alpha value is -1.39. The molecule has 1 N–H and O–H groups in total. The van der Waals surface area contributed by atoms with Crippen molar-refractivity contribution >= 4 is 5.91 Å². The number of fused-ring (bicyclic) bond motifs is 2. The summed E-state index contributed by atoms with van der Waals surface area (Å²) in [6, 6.07) is 7.83. The van der Waals surface area contributed by atoms with Gasteiger partial charge in [-0.05, 0) is 38.7 Å². The molecule has 2 fully saturated rings. The van der Waals surface area contributed by atoms with Crippen molar-refractivity contribution in [2.75, 3.05) is 13.1 Å². The molecule has 2 aliphatic rings. The molecule has 120 valence electrons. The van der Waals surface area contributed by atoms with Crippen LogP contribution < -0.4 is 0 Å². The van der Waals surface area contributed by atoms with Crippen LogP contribution in [0.3, 0.4) is 0 Å². The SMILES string of the molecule is CCN(C[C@@H](O)c1ccc(C)cc1)C(=O)[C@@H]1C[C@H]2CC[C@H]1O2. The summed E-state index contributed by atoms with van der Waals surface area (Å²) in [5.41, 5.74) is 2.03. The molecule has 0 radical (unpaired) electrons. The van der Waals surface area contributed by atoms with Crippen molar-refractivity contribution in [3.63, 3.8) is 0 Å². The van der Waals surface area contributed by atoms with Gasteiger partial charge in [0.25, 0.3) is 0 Å². The average molecular weight is 303 g/mol. The van der Waals surface area contributed by atoms with Crippen LogP contribution in [0.5, 0.6) is 0 Å². The monoisotopic (exact) mass is 303 g/mol. The molecular weight excluding hydrogens is 278 g/mol. The van der Waals surface area contributed by atoms with Gasteiger partial charge in [0.15, 0.2) is 0 Å². The van der Waals surface area contributed by atoms with Gasteiger partial charge in [-0.1, -0.05) is 29.8 Å². The van der Waals surface area contributed by atoms with Crippen molar-refractivity contribution < 1.29 is 14.6 Å². The van der Waals surface area contributed by atoms with Crippen LogP contribution in [0.2, 0.25) is 0 Å². The molecule has 0 aromatic heterocycles. The van der Waals surface area contributed by atoms with E-state index < -0.39 is 6.10 Å². The normalized spacial score (nSPS) is 27.9. The third-order valence-electron chi connectivity index (χ3n) is 4.97. The second-order valence-corrected chi connectivity index (χ2v) is 6.52. The van der Waals surface area contributed by atoms with Gasteiger partial charge in [-0.2, -0.15) is 0 Å². The quantitative estimate of drug-likeness (QED) is 0.909. The zero-order chi connectivity index (χ0) is 15.7. The minimum atomic E-state index is -0.635. The molecule has 3 rings (SSSR count). The van der Waals surface area contributed by atoms with Crippen LogP contribution in [0.1, 0.15) is 43.4 Å². The lowest BCUT2D eigenvalue weighted by atomic mass is 9.88. The van der Waals surface area contributed by atoms with Gasteiger partial charge in [-0.15, -0.1) is 0 Å². The fraction of sp³-hybridized carbons (Fsp3) is 0.611. The third-order valence-corrected chi connectivity index (χ3v) is 4.97. The average Bonchev–Trinajstić information content (AvgIpc) is 3.15. The first-order valence-corrected chi connectivity index (χ1v) is 8.27. The van der Waals surface area contributed by atoms with E-state index in [0.29, 0.717) is 13.1 Å². The Balaban J connectivity index is 1.63. The van der Waals surface area contributed by atoms with E-state index in [0.717, 1.165) is 24.8 Å². The van der Waals surface area contributed by atoms with Crippen LogP contribution in [-0.4, -0.2) is 41.2 Å². The number of likely N-dealkylation sites (N-methyl/N-ethyl adjacent to an activating group) is 1. The maximum atomic E-state index is 12.7. The molecular formula is C18H25NO3. The zero-order valence-corrected chi connectivity index (χ0v) is 13.4. The Morgan fingerprint density at radius 2 is 2.09 bits per heavy atom. The number of carbonyl (C=O) groups is 1. The third kappa shape index (κ3) is 3.03. The van der Waals surface area contributed by atoms with Crippen LogP contribution in [0.25, 0.3) is 0 Å². The number of aliphatic hydroxyl groups is 1. The number of carbonyl (C=O) groups excluding carboxylic acids is 1. The van der Waals surface area contributed by atoms with Crippen molar-refractivity contribution in [2.24, 2.45) is 5.92 Å². The number of benzene rings is 1. The van der Waals surface area contributed by atoms with Crippen molar-refractivity contribution in [2.45, 2.75) is 51.4 Å². The zero-order valence-electron chi connectivity index (χ0n) is 13.4. The van der Waals surface area contributed by atoms with Gasteiger partial charge < -0.3 is 14.7 Å². The van der Waals surface area contributed by atoms with Gasteiger partial charge >= 0.3 is 0 Å². The molecule has 1 amide bonds. The molecule has 0 spiro atoms. The van der Waals surface area contributed by atoms with E-state index in [1.54, 1.807) is 4.90 Å². The van der Waals surface area contributed by atoms with E-state index in [1.807, 2.05) is 38.1 Å². The van der Waals surface area contributed by atoms with E-state index in [9.17, 15) is 9.90 Å². The van der Waals surface area contributed by atoms with Gasteiger partial charge in [-0.25, -0.2) is 0 Å². The van der Waals surface area contributed by atoms with Gasteiger partial charge in [0.1, 0.15) is 0 Å². The number of ether oxygens (including phenoxy) is 1. The number of aliphatic hydroxyl groups excluding tert-OH is 1. The first-order chi connectivity index (χ1) is 10.6. The molecule has 0 saturated carbocycles. The van der Waals surface area contributed by atoms with Crippen molar-refractivity contribution in [3.05, 3.63) is 35.4 Å². The van der Waals surface area contributed by atoms with E-state index in [4.69, 9.17) is 4.74 Å². The van der Waals surface area contributed by atoms with Crippen LogP contribution in [0, 0.1) is 12.8 Å². The molecule has 2 heterocycles. The number of rotatable bonds is 5. The first kappa shape index (κ1) is 15.5. The topological polar surface area (TPSA) is 49.8 Å². The molecule has 1 aromatic carbocycles. The Bertz CT molecular complexity index is 528. The molecule has 2 aliphatic heterocycles. The summed E-state index contributed by atoms with van der Waals surface area (Å²) in [7, 11) is 0. The van der Waals surface area contributed by atoms with Gasteiger partial charge in [0.2, 0.25) is 5.91 Å². The minimum Gasteiger partial charge on any atom is -0.387 e. The van der Waals surface area contributed by atoms with Crippen LogP contribution in [-0.2, 0) is 9.53 Å². The fourth-order valence-corrected chi connectivity index (χ4v) is 3.61. The van der Waals surface area contributed by atoms with Gasteiger partial charge in [0.05, 0.1) is 30.8 Å². The standard InChI is InChI=1S/C18H25NO3/c1-3-19(11-16(20)13-6-4-12(2)5-7-13)18(21)15-10-14-8-9-17(15)22-14/h4-7,14-17,20H,3,8-11H2,1-2H3/t14-,15-,16-,17-/m1/s1. The number of nitrogens with zero attached hydrogens (tertiary/aromatic N) is 1. The second kappa shape index (κ2) is 6.39. The predicted molar refractivity (Wildman–Crippen MR) is 84.4 cm³/mol. The van der Waals surface area contributed by atoms with E-state index in [-0.39, 0.29) is 24.0 Å². The van der Waals surface area contributed by atoms with Crippen LogP contribution in [0.15, 0.2) is 24.3 Å². The Kier molecular flexibility index (Phi) is 4.50. The lowest BCUT2D eigenvalue weighted by Crippen LogP contribution is -2.41. The molecule has 0 aliphatic carbocycles. The Labute approximate surface area is 132 Å². The predicted octanol–water partition coefficient (Wildman–Crippen LogP) is 2.44. The molecule has 4 atom stereocenters. The molecule has 1 aromatic rings. The van der Waals surface area contributed by atoms with Crippen LogP contribution in [0.4, 0.5) is 0 Å². The Morgan fingerprint density at radius 3 is 2.64 bits per heavy atom. The highest BCUT2D eigenvalue weighted by Crippen LogP contribution is 2.39. The highest BCUT2D eigenvalue weighted by atomic mass is 16.5. The van der Waals surface area contributed by atoms with Gasteiger partial charge in [-0.3, -0.25) is 4.79 Å². The summed E-state index contributed by atoms with van der Waals surface area (Å²) in [6.45, 7) is 4.96. The molecule has 2 bridgehead atoms. The Morgan fingerprint density at radius 1 is 1.36 bits per heavy atom. The number of hydrogen-bond donors (Lipinski definition) is 1. The summed E-state index contributed by atoms with van der Waals surface area (Å²) in [4.78, 5) is 14.5. The molecule has 4 heteroatoms. The largest absolute Gasteiger partial charge is 0.387 e. The maximum Gasteiger partial charge on any atom is 0.228 e. The first-order valence-electron chi connectivity index (χ1n) is 8.27. The lowest BCUT2D eigenvalue weighted by molar-refractivity contribution is -0.138. The highest BCUT2D eigenvalue weighted by Gasteiger charge is 2.45. The van der Waals surface area contributed by atoms with E-state index >= 15 is 0 Å². The van der Waals surface area contributed by atoms with Gasteiger partial charge in [0, 0.05) is 6.54 Å². The molecule has 4 nitrogen and oxygen atoms in total. The fourth-order valence-electron chi connectivity index (χ4n) is 3.61. The summed E-state index contributed by atoms with van der Waals surface area (Å²) >= 11 is 0. The number of hydrogen-bond acceptors (Lipinski definition) is 3.